The van der Waals surface area contributed by atoms with Crippen molar-refractivity contribution >= 4 is 70.1 Å². The number of methoxy groups -OCH3 is 3. The number of aromatic nitrogens is 3. The quantitative estimate of drug-likeness (QED) is 0.0384. The molecule has 1 spiro atoms. The summed E-state index contributed by atoms with van der Waals surface area (Å²) in [6.45, 7) is 8.58. The molecule has 3 N–H and O–H groups in total. The lowest BCUT2D eigenvalue weighted by molar-refractivity contribution is -0.139. The van der Waals surface area contributed by atoms with Gasteiger partial charge in [0.05, 0.1) is 82.3 Å². The molecule has 26 heteroatoms. The number of Topliss-reactive ketones (excluding diaryl/α,β-unsaturated/α-hetero) is 2. The molecular formula is C86H96N10O16. The third-order valence-electron chi connectivity index (χ3n) is 22.6. The third kappa shape index (κ3) is 16.4. The molecule has 26 nitrogen and oxygen atoms in total. The number of carbonyl (C=O) groups is 9. The molecule has 7 aromatic rings. The van der Waals surface area contributed by atoms with E-state index in [1.54, 1.807) is 47.2 Å². The second-order valence-corrected chi connectivity index (χ2v) is 31.0. The first kappa shape index (κ1) is 77.3. The number of aryl methyl sites for hydroxylation is 1. The van der Waals surface area contributed by atoms with E-state index in [1.165, 1.54) is 31.3 Å². The minimum atomic E-state index is -1.48. The van der Waals surface area contributed by atoms with Crippen molar-refractivity contribution in [3.05, 3.63) is 166 Å². The van der Waals surface area contributed by atoms with Gasteiger partial charge >= 0.3 is 6.09 Å². The van der Waals surface area contributed by atoms with Crippen molar-refractivity contribution in [1.82, 2.24) is 40.3 Å². The highest BCUT2D eigenvalue weighted by molar-refractivity contribution is 6.07. The van der Waals surface area contributed by atoms with Gasteiger partial charge in [-0.1, -0.05) is 97.9 Å². The number of rotatable bonds is 28. The fourth-order valence-electron chi connectivity index (χ4n) is 16.4. The van der Waals surface area contributed by atoms with Gasteiger partial charge < -0.3 is 63.8 Å². The highest BCUT2D eigenvalue weighted by Crippen LogP contribution is 2.57. The Kier molecular flexibility index (Phi) is 23.0. The largest absolute Gasteiger partial charge is 0.497 e. The molecule has 112 heavy (non-hydrogen) atoms. The molecule has 1 aliphatic carbocycles. The fraction of sp³-hybridized carbons (Fsp3) is 0.430. The highest BCUT2D eigenvalue weighted by atomic mass is 16.6. The van der Waals surface area contributed by atoms with Crippen molar-refractivity contribution < 1.29 is 76.7 Å². The maximum absolute atomic E-state index is 14.6. The second kappa shape index (κ2) is 33.3. The SMILES string of the molecule is COc1ccc(C2=CN3C(=O)c4cc(OC)c(OCCCOc5cc6c(cc5OC)C(=O)N5CC7(CC7)C[C@H]5C(O)N6C(=O)OCc5ccc(CC(=O)[C@H](CC(C)C)NC(=O)[C@@H]6CCCN6C(=O)CNC(=O)CCC(=O)CCC(=O)N6Cc7ccccc7-c7c(nnn7C(C)C)-c7ccccc76)cc5)cc4CC[C@@H]3C2)cc1. The summed E-state index contributed by atoms with van der Waals surface area (Å²) in [4.78, 5) is 134. The number of ether oxygens (including phenoxy) is 6. The van der Waals surface area contributed by atoms with Crippen molar-refractivity contribution in [3.63, 3.8) is 0 Å². The van der Waals surface area contributed by atoms with Crippen molar-refractivity contribution in [2.75, 3.05) is 64.0 Å². The number of aliphatic hydroxyl groups is 1. The van der Waals surface area contributed by atoms with E-state index in [2.05, 4.69) is 20.9 Å². The minimum Gasteiger partial charge on any atom is -0.497 e. The lowest BCUT2D eigenvalue weighted by Gasteiger charge is -2.31. The Hall–Kier alpha value is -11.4. The van der Waals surface area contributed by atoms with Crippen molar-refractivity contribution in [3.8, 4) is 51.3 Å². The lowest BCUT2D eigenvalue weighted by atomic mass is 9.95. The van der Waals surface area contributed by atoms with E-state index in [4.69, 9.17) is 28.4 Å². The van der Waals surface area contributed by atoms with Gasteiger partial charge in [-0.15, -0.1) is 5.10 Å². The Morgan fingerprint density at radius 3 is 2.11 bits per heavy atom. The average Bonchev–Trinajstić information content (AvgIpc) is 1.56. The molecule has 14 rings (SSSR count). The van der Waals surface area contributed by atoms with Crippen LogP contribution in [0.25, 0.3) is 28.1 Å². The molecule has 1 unspecified atom stereocenters. The van der Waals surface area contributed by atoms with E-state index < -0.39 is 54.7 Å². The van der Waals surface area contributed by atoms with Crippen molar-refractivity contribution in [1.29, 1.82) is 0 Å². The number of para-hydroxylation sites is 1. The Labute approximate surface area is 650 Å². The number of amides is 7. The van der Waals surface area contributed by atoms with E-state index in [9.17, 15) is 48.3 Å². The lowest BCUT2D eigenvalue weighted by Crippen LogP contribution is -2.52. The normalized spacial score (nSPS) is 18.6. The zero-order chi connectivity index (χ0) is 78.6. The first-order valence-electron chi connectivity index (χ1n) is 38.8. The Morgan fingerprint density at radius 1 is 0.696 bits per heavy atom. The van der Waals surface area contributed by atoms with Crippen LogP contribution in [0.4, 0.5) is 16.2 Å². The average molecular weight is 1530 g/mol. The zero-order valence-corrected chi connectivity index (χ0v) is 64.4. The molecule has 5 atom stereocenters. The molecule has 586 valence electrons. The Morgan fingerprint density at radius 2 is 1.39 bits per heavy atom. The number of carbonyl (C=O) groups excluding carboxylic acids is 9. The Bertz CT molecular complexity index is 4820. The maximum atomic E-state index is 14.6. The maximum Gasteiger partial charge on any atom is 0.416 e. The zero-order valence-electron chi connectivity index (χ0n) is 64.4. The van der Waals surface area contributed by atoms with Crippen LogP contribution in [0.3, 0.4) is 0 Å². The summed E-state index contributed by atoms with van der Waals surface area (Å²) in [6, 6.07) is 34.3. The van der Waals surface area contributed by atoms with Crippen LogP contribution >= 0.6 is 0 Å². The predicted molar refractivity (Wildman–Crippen MR) is 415 cm³/mol. The van der Waals surface area contributed by atoms with Crippen LogP contribution in [0.2, 0.25) is 0 Å². The van der Waals surface area contributed by atoms with Crippen LogP contribution in [0, 0.1) is 11.3 Å². The smallest absolute Gasteiger partial charge is 0.416 e. The first-order valence-corrected chi connectivity index (χ1v) is 38.8. The third-order valence-corrected chi connectivity index (χ3v) is 22.6. The van der Waals surface area contributed by atoms with Gasteiger partial charge in [0.15, 0.2) is 35.0 Å². The summed E-state index contributed by atoms with van der Waals surface area (Å²) in [5.41, 5.74) is 9.54. The van der Waals surface area contributed by atoms with Gasteiger partial charge in [0.2, 0.25) is 23.6 Å². The number of anilines is 2. The molecule has 2 saturated heterocycles. The number of hydrogen-bond acceptors (Lipinski definition) is 18. The number of nitrogens with zero attached hydrogens (tertiary/aromatic N) is 8. The van der Waals surface area contributed by atoms with Gasteiger partial charge in [-0.25, -0.2) is 14.4 Å². The monoisotopic (exact) mass is 1520 g/mol. The molecule has 0 radical (unpaired) electrons. The number of fused-ring (bicyclic) bond motifs is 9. The van der Waals surface area contributed by atoms with Gasteiger partial charge in [-0.3, -0.25) is 38.4 Å². The molecule has 7 aliphatic rings. The van der Waals surface area contributed by atoms with Crippen LogP contribution in [-0.4, -0.2) is 172 Å². The molecule has 7 amide bonds. The molecule has 7 heterocycles. The summed E-state index contributed by atoms with van der Waals surface area (Å²) in [5, 5.41) is 26.9. The number of likely N-dealkylation sites (tertiary alicyclic amines) is 1. The van der Waals surface area contributed by atoms with E-state index in [0.29, 0.717) is 84.6 Å². The molecule has 3 fully saturated rings. The molecule has 0 bridgehead atoms. The molecule has 6 aromatic carbocycles. The molecule has 1 aromatic heterocycles. The van der Waals surface area contributed by atoms with Crippen LogP contribution in [0.5, 0.6) is 28.7 Å². The number of aliphatic hydroxyl groups excluding tert-OH is 1. The molecule has 6 aliphatic heterocycles. The number of nitrogens with one attached hydrogen (secondary N) is 2. The van der Waals surface area contributed by atoms with Crippen LogP contribution in [0.1, 0.15) is 166 Å². The Balaban J connectivity index is 0.556. The van der Waals surface area contributed by atoms with E-state index in [1.807, 2.05) is 122 Å². The van der Waals surface area contributed by atoms with Gasteiger partial charge in [-0.2, -0.15) is 0 Å². The van der Waals surface area contributed by atoms with Gasteiger partial charge in [0, 0.05) is 92.7 Å². The summed E-state index contributed by atoms with van der Waals surface area (Å²) in [7, 11) is 4.62. The number of hydrogen-bond donors (Lipinski definition) is 3. The van der Waals surface area contributed by atoms with Crippen LogP contribution in [-0.2, 0) is 59.5 Å². The van der Waals surface area contributed by atoms with Gasteiger partial charge in [0.1, 0.15) is 29.9 Å². The van der Waals surface area contributed by atoms with Gasteiger partial charge in [0.25, 0.3) is 11.8 Å². The van der Waals surface area contributed by atoms with Gasteiger partial charge in [-0.05, 0) is 153 Å². The number of ketones is 2. The van der Waals surface area contributed by atoms with E-state index >= 15 is 0 Å². The molecule has 1 saturated carbocycles. The van der Waals surface area contributed by atoms with E-state index in [-0.39, 0.29) is 140 Å². The summed E-state index contributed by atoms with van der Waals surface area (Å²) < 4.78 is 37.4. The number of benzene rings is 6. The second-order valence-electron chi connectivity index (χ2n) is 31.0. The topological polar surface area (TPSA) is 300 Å². The highest BCUT2D eigenvalue weighted by Gasteiger charge is 2.58. The minimum absolute atomic E-state index is 0.00218. The predicted octanol–water partition coefficient (Wildman–Crippen LogP) is 11.2. The summed E-state index contributed by atoms with van der Waals surface area (Å²) >= 11 is 0. The first-order chi connectivity index (χ1) is 54.1. The standard InChI is InChI=1S/C86H96N10O16/c1-51(2)38-66(88-81(102)68-18-12-35-91(68)78(101)46-87-76(99)31-27-60(97)28-32-77(100)93-47-57-14-8-9-15-62(57)80-79(89-90-96(80)52(3)4)63-16-10-11-17-67(63)93)71(98)39-53-19-21-54(22-20-53)49-112-85(106)95-69-44-75(73(109-7)43-65(69)83(104)94-50-86(33-34-86)45-70(94)84(95)105)111-37-13-36-110-74-41-56-23-26-59-40-58(55-24-29-61(107-5)30-25-55)48-92(59)82(103)64(56)42-72(74)108-6/h8-11,14-17,19-22,24-25,29-30,41-44,48,51-52,59,66,68,70,84,105H,12-13,18,23,26-28,31-40,45-47,49-50H2,1-7H3,(H,87,99)(H,88,102)/t59-,66+,68+,70+,84?/m1/s1. The summed E-state index contributed by atoms with van der Waals surface area (Å²) in [6.07, 6.45) is 4.98. The van der Waals surface area contributed by atoms with Crippen molar-refractivity contribution in [2.45, 2.75) is 174 Å². The van der Waals surface area contributed by atoms with Crippen LogP contribution < -0.4 is 44.1 Å². The fourth-order valence-corrected chi connectivity index (χ4v) is 16.4. The van der Waals surface area contributed by atoms with E-state index in [0.717, 1.165) is 75.4 Å². The van der Waals surface area contributed by atoms with Crippen molar-refractivity contribution in [2.24, 2.45) is 11.3 Å². The van der Waals surface area contributed by atoms with Crippen LogP contribution in [0.15, 0.2) is 128 Å². The molecular weight excluding hydrogens is 1430 g/mol. The summed E-state index contributed by atoms with van der Waals surface area (Å²) in [5.74, 6) is -0.663.